The highest BCUT2D eigenvalue weighted by Gasteiger charge is 2.12. The molecule has 4 amide bonds. The second kappa shape index (κ2) is 10.5. The third-order valence-corrected chi connectivity index (χ3v) is 5.68. The average molecular weight is 441 g/mol. The molecule has 6 heteroatoms. The van der Waals surface area contributed by atoms with E-state index in [4.69, 9.17) is 0 Å². The summed E-state index contributed by atoms with van der Waals surface area (Å²) in [5.74, 6) is 0. The van der Waals surface area contributed by atoms with Crippen molar-refractivity contribution in [1.29, 1.82) is 0 Å². The van der Waals surface area contributed by atoms with Gasteiger partial charge in [0.15, 0.2) is 0 Å². The van der Waals surface area contributed by atoms with Crippen LogP contribution >= 0.6 is 0 Å². The van der Waals surface area contributed by atoms with Crippen LogP contribution in [0, 0.1) is 0 Å². The molecule has 0 heterocycles. The lowest BCUT2D eigenvalue weighted by atomic mass is 10.1. The van der Waals surface area contributed by atoms with E-state index < -0.39 is 0 Å². The summed E-state index contributed by atoms with van der Waals surface area (Å²) >= 11 is 0. The van der Waals surface area contributed by atoms with Gasteiger partial charge in [0.1, 0.15) is 0 Å². The van der Waals surface area contributed by atoms with Crippen LogP contribution in [0.25, 0.3) is 21.5 Å². The second-order valence-electron chi connectivity index (χ2n) is 7.93. The average Bonchev–Trinajstić information content (AvgIpc) is 2.84. The van der Waals surface area contributed by atoms with Crippen LogP contribution < -0.4 is 21.3 Å². The van der Waals surface area contributed by atoms with Crippen molar-refractivity contribution in [3.8, 4) is 0 Å². The molecule has 0 bridgehead atoms. The van der Waals surface area contributed by atoms with E-state index in [0.717, 1.165) is 39.3 Å². The third kappa shape index (κ3) is 5.60. The maximum Gasteiger partial charge on any atom is 0.319 e. The van der Waals surface area contributed by atoms with E-state index in [9.17, 15) is 9.59 Å². The number of benzene rings is 4. The monoisotopic (exact) mass is 440 g/mol. The molecular formula is C27H28N4O2. The molecule has 0 aliphatic heterocycles. The standard InChI is InChI=1S/C27H28N4O2/c1-2-21(29-27(33)31-25-16-8-12-20-10-4-6-14-23(20)25)17-18-28-26(32)30-24-15-7-11-19-9-3-5-13-22(19)24/h3-16,21H,2,17-18H2,1H3,(H2,28,30,32)(H2,29,31,33). The number of carbonyl (C=O) groups excluding carboxylic acids is 2. The van der Waals surface area contributed by atoms with Crippen LogP contribution in [0.15, 0.2) is 84.9 Å². The number of hydrogen-bond donors (Lipinski definition) is 4. The first kappa shape index (κ1) is 22.1. The molecule has 0 aliphatic rings. The summed E-state index contributed by atoms with van der Waals surface area (Å²) in [6, 6.07) is 26.9. The maximum atomic E-state index is 12.6. The lowest BCUT2D eigenvalue weighted by molar-refractivity contribution is 0.246. The fourth-order valence-electron chi connectivity index (χ4n) is 3.92. The largest absolute Gasteiger partial charge is 0.338 e. The van der Waals surface area contributed by atoms with Crippen LogP contribution in [0.5, 0.6) is 0 Å². The van der Waals surface area contributed by atoms with Gasteiger partial charge in [-0.15, -0.1) is 0 Å². The molecule has 0 spiro atoms. The summed E-state index contributed by atoms with van der Waals surface area (Å²) in [6.45, 7) is 2.46. The highest BCUT2D eigenvalue weighted by molar-refractivity contribution is 6.02. The van der Waals surface area contributed by atoms with Crippen molar-refractivity contribution in [1.82, 2.24) is 10.6 Å². The number of rotatable bonds is 7. The van der Waals surface area contributed by atoms with E-state index in [-0.39, 0.29) is 18.1 Å². The Balaban J connectivity index is 1.27. The van der Waals surface area contributed by atoms with Gasteiger partial charge in [-0.1, -0.05) is 79.7 Å². The lowest BCUT2D eigenvalue weighted by Gasteiger charge is -2.18. The van der Waals surface area contributed by atoms with Gasteiger partial charge in [-0.05, 0) is 35.7 Å². The van der Waals surface area contributed by atoms with E-state index in [0.29, 0.717) is 13.0 Å². The maximum absolute atomic E-state index is 12.6. The van der Waals surface area contributed by atoms with Crippen LogP contribution in [0.3, 0.4) is 0 Å². The van der Waals surface area contributed by atoms with E-state index >= 15 is 0 Å². The minimum Gasteiger partial charge on any atom is -0.338 e. The van der Waals surface area contributed by atoms with Crippen LogP contribution in [-0.4, -0.2) is 24.6 Å². The van der Waals surface area contributed by atoms with Crippen molar-refractivity contribution in [3.05, 3.63) is 84.9 Å². The molecule has 1 unspecified atom stereocenters. The lowest BCUT2D eigenvalue weighted by Crippen LogP contribution is -2.40. The van der Waals surface area contributed by atoms with Crippen molar-refractivity contribution < 1.29 is 9.59 Å². The summed E-state index contributed by atoms with van der Waals surface area (Å²) < 4.78 is 0. The number of carbonyl (C=O) groups is 2. The number of anilines is 2. The van der Waals surface area contributed by atoms with Gasteiger partial charge in [0.25, 0.3) is 0 Å². The summed E-state index contributed by atoms with van der Waals surface area (Å²) in [5, 5.41) is 15.9. The van der Waals surface area contributed by atoms with Crippen molar-refractivity contribution in [2.24, 2.45) is 0 Å². The number of hydrogen-bond acceptors (Lipinski definition) is 2. The van der Waals surface area contributed by atoms with Crippen molar-refractivity contribution in [2.45, 2.75) is 25.8 Å². The van der Waals surface area contributed by atoms with Gasteiger partial charge in [0.05, 0.1) is 11.4 Å². The van der Waals surface area contributed by atoms with Gasteiger partial charge < -0.3 is 21.3 Å². The molecule has 4 N–H and O–H groups in total. The molecular weight excluding hydrogens is 412 g/mol. The SMILES string of the molecule is CCC(CCNC(=O)Nc1cccc2ccccc12)NC(=O)Nc1cccc2ccccc12. The molecule has 4 aromatic carbocycles. The zero-order valence-electron chi connectivity index (χ0n) is 18.6. The van der Waals surface area contributed by atoms with Crippen molar-refractivity contribution >= 4 is 45.0 Å². The first-order chi connectivity index (χ1) is 16.1. The smallest absolute Gasteiger partial charge is 0.319 e. The van der Waals surface area contributed by atoms with E-state index in [1.54, 1.807) is 0 Å². The minimum atomic E-state index is -0.263. The number of nitrogens with one attached hydrogen (secondary N) is 4. The summed E-state index contributed by atoms with van der Waals surface area (Å²) in [6.07, 6.45) is 1.39. The van der Waals surface area contributed by atoms with Gasteiger partial charge in [-0.2, -0.15) is 0 Å². The third-order valence-electron chi connectivity index (χ3n) is 5.68. The van der Waals surface area contributed by atoms with E-state index in [2.05, 4.69) is 21.3 Å². The van der Waals surface area contributed by atoms with Gasteiger partial charge in [-0.3, -0.25) is 0 Å². The molecule has 0 radical (unpaired) electrons. The normalized spacial score (nSPS) is 11.7. The highest BCUT2D eigenvalue weighted by atomic mass is 16.2. The zero-order chi connectivity index (χ0) is 23.0. The molecule has 4 rings (SSSR count). The second-order valence-corrected chi connectivity index (χ2v) is 7.93. The Morgan fingerprint density at radius 1 is 0.697 bits per heavy atom. The fourth-order valence-corrected chi connectivity index (χ4v) is 3.92. The first-order valence-corrected chi connectivity index (χ1v) is 11.2. The minimum absolute atomic E-state index is 0.0576. The molecule has 33 heavy (non-hydrogen) atoms. The Morgan fingerprint density at radius 2 is 1.21 bits per heavy atom. The molecule has 0 aliphatic carbocycles. The molecule has 0 saturated heterocycles. The van der Waals surface area contributed by atoms with Crippen LogP contribution in [0.2, 0.25) is 0 Å². The fraction of sp³-hybridized carbons (Fsp3) is 0.185. The Morgan fingerprint density at radius 3 is 1.79 bits per heavy atom. The molecule has 0 fully saturated rings. The summed E-state index contributed by atoms with van der Waals surface area (Å²) in [7, 11) is 0. The van der Waals surface area contributed by atoms with Crippen molar-refractivity contribution in [2.75, 3.05) is 17.2 Å². The summed E-state index contributed by atoms with van der Waals surface area (Å²) in [4.78, 5) is 25.0. The predicted octanol–water partition coefficient (Wildman–Crippen LogP) is 6.10. The summed E-state index contributed by atoms with van der Waals surface area (Å²) in [5.41, 5.74) is 1.54. The Hall–Kier alpha value is -4.06. The number of fused-ring (bicyclic) bond motifs is 2. The Bertz CT molecular complexity index is 1260. The Labute approximate surface area is 193 Å². The molecule has 6 nitrogen and oxygen atoms in total. The molecule has 1 atom stereocenters. The van der Waals surface area contributed by atoms with Crippen molar-refractivity contribution in [3.63, 3.8) is 0 Å². The predicted molar refractivity (Wildman–Crippen MR) is 136 cm³/mol. The number of amides is 4. The van der Waals surface area contributed by atoms with Crippen LogP contribution in [-0.2, 0) is 0 Å². The number of urea groups is 2. The molecule has 168 valence electrons. The molecule has 4 aromatic rings. The first-order valence-electron chi connectivity index (χ1n) is 11.2. The van der Waals surface area contributed by atoms with E-state index in [1.807, 2.05) is 91.9 Å². The van der Waals surface area contributed by atoms with Gasteiger partial charge in [0.2, 0.25) is 0 Å². The van der Waals surface area contributed by atoms with Gasteiger partial charge in [-0.25, -0.2) is 9.59 Å². The van der Waals surface area contributed by atoms with Crippen LogP contribution in [0.4, 0.5) is 21.0 Å². The van der Waals surface area contributed by atoms with Crippen LogP contribution in [0.1, 0.15) is 19.8 Å². The quantitative estimate of drug-likeness (QED) is 0.280. The Kier molecular flexibility index (Phi) is 7.05. The van der Waals surface area contributed by atoms with E-state index in [1.165, 1.54) is 0 Å². The molecule has 0 saturated carbocycles. The van der Waals surface area contributed by atoms with Gasteiger partial charge >= 0.3 is 12.1 Å². The highest BCUT2D eigenvalue weighted by Crippen LogP contribution is 2.23. The molecule has 0 aromatic heterocycles. The zero-order valence-corrected chi connectivity index (χ0v) is 18.6. The van der Waals surface area contributed by atoms with Gasteiger partial charge in [0, 0.05) is 23.4 Å². The topological polar surface area (TPSA) is 82.3 Å².